The summed E-state index contributed by atoms with van der Waals surface area (Å²) in [6, 6.07) is 0. The van der Waals surface area contributed by atoms with Crippen LogP contribution in [0, 0.1) is 0 Å². The van der Waals surface area contributed by atoms with E-state index in [9.17, 15) is 19.8 Å². The Morgan fingerprint density at radius 1 is 0.900 bits per heavy atom. The lowest BCUT2D eigenvalue weighted by Crippen LogP contribution is -2.69. The SMILES string of the molecule is CCCCCCCCCCCC(=O)NC(CC(=O)OCCN)(NCCO)NCCO. The van der Waals surface area contributed by atoms with E-state index in [4.69, 9.17) is 10.5 Å². The topological polar surface area (TPSA) is 146 Å². The molecule has 0 aromatic carbocycles. The van der Waals surface area contributed by atoms with Crippen LogP contribution in [0.2, 0.25) is 0 Å². The van der Waals surface area contributed by atoms with E-state index in [2.05, 4.69) is 22.9 Å². The maximum absolute atomic E-state index is 12.5. The molecule has 0 bridgehead atoms. The molecule has 0 unspecified atom stereocenters. The summed E-state index contributed by atoms with van der Waals surface area (Å²) in [5.74, 6) is -2.05. The van der Waals surface area contributed by atoms with Crippen molar-refractivity contribution in [2.45, 2.75) is 83.3 Å². The van der Waals surface area contributed by atoms with Crippen LogP contribution in [0.1, 0.15) is 77.6 Å². The number of unbranched alkanes of at least 4 members (excludes halogenated alkanes) is 8. The normalized spacial score (nSPS) is 11.5. The van der Waals surface area contributed by atoms with Crippen LogP contribution in [-0.4, -0.2) is 67.3 Å². The van der Waals surface area contributed by atoms with Crippen LogP contribution >= 0.6 is 0 Å². The molecular formula is C21H44N4O5. The Morgan fingerprint density at radius 2 is 1.43 bits per heavy atom. The first-order valence-corrected chi connectivity index (χ1v) is 11.4. The molecule has 0 aliphatic rings. The van der Waals surface area contributed by atoms with Gasteiger partial charge in [-0.05, 0) is 6.42 Å². The van der Waals surface area contributed by atoms with E-state index in [1.54, 1.807) is 0 Å². The third-order valence-electron chi connectivity index (χ3n) is 4.73. The maximum atomic E-state index is 12.5. The Kier molecular flexibility index (Phi) is 18.9. The number of nitrogens with two attached hydrogens (primary N) is 1. The lowest BCUT2D eigenvalue weighted by atomic mass is 10.1. The summed E-state index contributed by atoms with van der Waals surface area (Å²) in [5.41, 5.74) is 5.36. The molecule has 0 aliphatic carbocycles. The van der Waals surface area contributed by atoms with Crippen LogP contribution in [0.5, 0.6) is 0 Å². The fourth-order valence-electron chi connectivity index (χ4n) is 3.20. The lowest BCUT2D eigenvalue weighted by molar-refractivity contribution is -0.146. The molecule has 0 radical (unpaired) electrons. The molecule has 0 saturated heterocycles. The van der Waals surface area contributed by atoms with Gasteiger partial charge in [0.05, 0.1) is 19.6 Å². The molecular weight excluding hydrogens is 388 g/mol. The van der Waals surface area contributed by atoms with E-state index in [1.165, 1.54) is 38.5 Å². The van der Waals surface area contributed by atoms with E-state index < -0.39 is 11.8 Å². The minimum Gasteiger partial charge on any atom is -0.464 e. The van der Waals surface area contributed by atoms with Crippen LogP contribution in [0.3, 0.4) is 0 Å². The van der Waals surface area contributed by atoms with Gasteiger partial charge in [0, 0.05) is 26.1 Å². The van der Waals surface area contributed by atoms with Gasteiger partial charge in [-0.15, -0.1) is 0 Å². The second kappa shape index (κ2) is 19.7. The van der Waals surface area contributed by atoms with Crippen molar-refractivity contribution in [2.24, 2.45) is 5.73 Å². The molecule has 1 amide bonds. The Hall–Kier alpha value is -1.26. The first kappa shape index (κ1) is 28.7. The molecule has 178 valence electrons. The molecule has 0 atom stereocenters. The standard InChI is InChI=1S/C21H44N4O5/c1-2-3-4-5-6-7-8-9-10-11-19(28)25-21(23-13-15-26,24-14-16-27)18-20(29)30-17-12-22/h23-24,26-27H,2-18,22H2,1H3,(H,25,28). The van der Waals surface area contributed by atoms with E-state index in [0.29, 0.717) is 6.42 Å². The van der Waals surface area contributed by atoms with Crippen molar-refractivity contribution in [1.82, 2.24) is 16.0 Å². The van der Waals surface area contributed by atoms with Crippen LogP contribution in [-0.2, 0) is 14.3 Å². The number of aliphatic hydroxyl groups is 2. The largest absolute Gasteiger partial charge is 0.464 e. The van der Waals surface area contributed by atoms with Crippen LogP contribution in [0.4, 0.5) is 0 Å². The first-order valence-electron chi connectivity index (χ1n) is 11.4. The number of aliphatic hydroxyl groups excluding tert-OH is 2. The van der Waals surface area contributed by atoms with Gasteiger partial charge in [-0.2, -0.15) is 0 Å². The lowest BCUT2D eigenvalue weighted by Gasteiger charge is -2.36. The number of carbonyl (C=O) groups excluding carboxylic acids is 2. The Bertz CT molecular complexity index is 430. The summed E-state index contributed by atoms with van der Waals surface area (Å²) in [6.45, 7) is 2.46. The highest BCUT2D eigenvalue weighted by molar-refractivity contribution is 5.78. The third kappa shape index (κ3) is 15.6. The molecule has 7 N–H and O–H groups in total. The van der Waals surface area contributed by atoms with E-state index in [0.717, 1.165) is 19.3 Å². The number of carbonyl (C=O) groups is 2. The van der Waals surface area contributed by atoms with Gasteiger partial charge in [-0.1, -0.05) is 58.3 Å². The van der Waals surface area contributed by atoms with Gasteiger partial charge >= 0.3 is 5.97 Å². The summed E-state index contributed by atoms with van der Waals surface area (Å²) in [5, 5.41) is 27.1. The number of hydrogen-bond acceptors (Lipinski definition) is 8. The van der Waals surface area contributed by atoms with E-state index >= 15 is 0 Å². The predicted molar refractivity (Wildman–Crippen MR) is 118 cm³/mol. The number of rotatable bonds is 21. The molecule has 0 spiro atoms. The summed E-state index contributed by atoms with van der Waals surface area (Å²) in [4.78, 5) is 24.6. The molecule has 30 heavy (non-hydrogen) atoms. The summed E-state index contributed by atoms with van der Waals surface area (Å²) < 4.78 is 5.03. The van der Waals surface area contributed by atoms with Crippen molar-refractivity contribution >= 4 is 11.9 Å². The van der Waals surface area contributed by atoms with Crippen molar-refractivity contribution in [3.8, 4) is 0 Å². The van der Waals surface area contributed by atoms with Gasteiger partial charge in [0.2, 0.25) is 5.91 Å². The predicted octanol–water partition coefficient (Wildman–Crippen LogP) is 0.733. The second-order valence-corrected chi connectivity index (χ2v) is 7.52. The number of hydrogen-bond donors (Lipinski definition) is 6. The van der Waals surface area contributed by atoms with Crippen molar-refractivity contribution < 1.29 is 24.5 Å². The molecule has 0 rings (SSSR count). The molecule has 0 fully saturated rings. The van der Waals surface area contributed by atoms with Crippen LogP contribution < -0.4 is 21.7 Å². The number of ether oxygens (including phenoxy) is 1. The molecule has 0 saturated carbocycles. The zero-order chi connectivity index (χ0) is 22.5. The summed E-state index contributed by atoms with van der Waals surface area (Å²) in [7, 11) is 0. The van der Waals surface area contributed by atoms with Gasteiger partial charge in [-0.25, -0.2) is 0 Å². The van der Waals surface area contributed by atoms with E-state index in [1.807, 2.05) is 0 Å². The quantitative estimate of drug-likeness (QED) is 0.0884. The summed E-state index contributed by atoms with van der Waals surface area (Å²) >= 11 is 0. The van der Waals surface area contributed by atoms with Crippen molar-refractivity contribution in [2.75, 3.05) is 39.5 Å². The highest BCUT2D eigenvalue weighted by Gasteiger charge is 2.34. The smallest absolute Gasteiger partial charge is 0.311 e. The second-order valence-electron chi connectivity index (χ2n) is 7.52. The fraction of sp³-hybridized carbons (Fsp3) is 0.905. The Balaban J connectivity index is 4.52. The van der Waals surface area contributed by atoms with Crippen molar-refractivity contribution in [3.05, 3.63) is 0 Å². The third-order valence-corrected chi connectivity index (χ3v) is 4.73. The number of amides is 1. The van der Waals surface area contributed by atoms with Gasteiger partial charge in [0.1, 0.15) is 6.61 Å². The van der Waals surface area contributed by atoms with Crippen LogP contribution in [0.25, 0.3) is 0 Å². The highest BCUT2D eigenvalue weighted by Crippen LogP contribution is 2.11. The van der Waals surface area contributed by atoms with Gasteiger partial charge < -0.3 is 26.0 Å². The summed E-state index contributed by atoms with van der Waals surface area (Å²) in [6.07, 6.45) is 10.6. The molecule has 0 aromatic heterocycles. The first-order chi connectivity index (χ1) is 14.5. The minimum atomic E-state index is -1.30. The zero-order valence-electron chi connectivity index (χ0n) is 18.7. The monoisotopic (exact) mass is 432 g/mol. The number of nitrogens with one attached hydrogen (secondary N) is 3. The van der Waals surface area contributed by atoms with Gasteiger partial charge in [-0.3, -0.25) is 20.2 Å². The Labute approximate surface area is 181 Å². The highest BCUT2D eigenvalue weighted by atomic mass is 16.5. The van der Waals surface area contributed by atoms with Gasteiger partial charge in [0.25, 0.3) is 0 Å². The Morgan fingerprint density at radius 3 is 1.93 bits per heavy atom. The van der Waals surface area contributed by atoms with Crippen molar-refractivity contribution in [1.29, 1.82) is 0 Å². The molecule has 9 heteroatoms. The maximum Gasteiger partial charge on any atom is 0.311 e. The van der Waals surface area contributed by atoms with E-state index in [-0.39, 0.29) is 51.8 Å². The molecule has 0 aliphatic heterocycles. The fourth-order valence-corrected chi connectivity index (χ4v) is 3.20. The zero-order valence-corrected chi connectivity index (χ0v) is 18.7. The van der Waals surface area contributed by atoms with Gasteiger partial charge in [0.15, 0.2) is 5.79 Å². The number of esters is 1. The average molecular weight is 433 g/mol. The van der Waals surface area contributed by atoms with Crippen molar-refractivity contribution in [3.63, 3.8) is 0 Å². The minimum absolute atomic E-state index is 0.0846. The molecule has 0 heterocycles. The van der Waals surface area contributed by atoms with Crippen LogP contribution in [0.15, 0.2) is 0 Å². The molecule has 9 nitrogen and oxygen atoms in total. The average Bonchev–Trinajstić information content (AvgIpc) is 2.73. The molecule has 0 aromatic rings.